The molecule has 0 saturated carbocycles. The molecule has 3 aromatic rings. The van der Waals surface area contributed by atoms with E-state index in [0.29, 0.717) is 23.9 Å². The zero-order chi connectivity index (χ0) is 31.8. The summed E-state index contributed by atoms with van der Waals surface area (Å²) in [6, 6.07) is 17.9. The molecule has 2 heterocycles. The van der Waals surface area contributed by atoms with Gasteiger partial charge in [0.2, 0.25) is 11.7 Å². The molecule has 2 aliphatic rings. The van der Waals surface area contributed by atoms with Gasteiger partial charge in [-0.05, 0) is 73.8 Å². The maximum Gasteiger partial charge on any atom is 0.244 e. The highest BCUT2D eigenvalue weighted by Crippen LogP contribution is 2.48. The van der Waals surface area contributed by atoms with Crippen molar-refractivity contribution in [2.75, 3.05) is 86.3 Å². The fourth-order valence-electron chi connectivity index (χ4n) is 5.92. The van der Waals surface area contributed by atoms with Crippen LogP contribution < -0.4 is 28.6 Å². The lowest BCUT2D eigenvalue weighted by Gasteiger charge is -2.34. The number of carbonyl (C=O) groups excluding carboxylic acids is 1. The summed E-state index contributed by atoms with van der Waals surface area (Å²) >= 11 is 1.57. The zero-order valence-corrected chi connectivity index (χ0v) is 27.9. The van der Waals surface area contributed by atoms with Crippen LogP contribution >= 0.6 is 11.8 Å². The molecule has 1 saturated heterocycles. The lowest BCUT2D eigenvalue weighted by molar-refractivity contribution is -0.118. The highest BCUT2D eigenvalue weighted by molar-refractivity contribution is 8.00. The van der Waals surface area contributed by atoms with Crippen molar-refractivity contribution < 1.29 is 28.5 Å². The van der Waals surface area contributed by atoms with E-state index in [2.05, 4.69) is 15.9 Å². The fraction of sp³-hybridized carbons (Fsp3) is 0.457. The molecular weight excluding hydrogens is 590 g/mol. The number of hydrogen-bond acceptors (Lipinski definition) is 9. The van der Waals surface area contributed by atoms with Gasteiger partial charge in [0.25, 0.3) is 0 Å². The van der Waals surface area contributed by atoms with E-state index in [1.54, 1.807) is 45.1 Å². The van der Waals surface area contributed by atoms with E-state index in [0.717, 1.165) is 86.2 Å². The van der Waals surface area contributed by atoms with E-state index in [1.165, 1.54) is 5.56 Å². The molecule has 9 nitrogen and oxygen atoms in total. The Labute approximate surface area is 271 Å². The van der Waals surface area contributed by atoms with Crippen LogP contribution in [-0.2, 0) is 11.2 Å². The normalized spacial score (nSPS) is 17.1. The van der Waals surface area contributed by atoms with Crippen LogP contribution in [0, 0.1) is 0 Å². The predicted molar refractivity (Wildman–Crippen MR) is 179 cm³/mol. The van der Waals surface area contributed by atoms with Crippen LogP contribution in [0.2, 0.25) is 0 Å². The highest BCUT2D eigenvalue weighted by atomic mass is 32.2. The van der Waals surface area contributed by atoms with Gasteiger partial charge in [-0.1, -0.05) is 12.1 Å². The van der Waals surface area contributed by atoms with Gasteiger partial charge in [0.05, 0.1) is 40.7 Å². The Bertz CT molecular complexity index is 1420. The first-order valence-corrected chi connectivity index (χ1v) is 16.4. The number of fused-ring (bicyclic) bond motifs is 1. The van der Waals surface area contributed by atoms with Gasteiger partial charge in [0.1, 0.15) is 16.7 Å². The fourth-order valence-corrected chi connectivity index (χ4v) is 7.22. The Kier molecular flexibility index (Phi) is 11.4. The Morgan fingerprint density at radius 3 is 2.13 bits per heavy atom. The molecule has 0 aromatic heterocycles. The number of benzene rings is 3. The summed E-state index contributed by atoms with van der Waals surface area (Å²) in [6.45, 7) is 6.89. The highest BCUT2D eigenvalue weighted by Gasteiger charge is 2.34. The predicted octanol–water partition coefficient (Wildman–Crippen LogP) is 5.55. The van der Waals surface area contributed by atoms with E-state index < -0.39 is 0 Å². The summed E-state index contributed by atoms with van der Waals surface area (Å²) in [4.78, 5) is 21.3. The third kappa shape index (κ3) is 7.80. The summed E-state index contributed by atoms with van der Waals surface area (Å²) in [5, 5.41) is -0.389. The molecule has 2 aliphatic heterocycles. The Morgan fingerprint density at radius 1 is 0.778 bits per heavy atom. The Hall–Kier alpha value is -3.60. The largest absolute Gasteiger partial charge is 0.497 e. The van der Waals surface area contributed by atoms with Gasteiger partial charge in [-0.25, -0.2) is 0 Å². The molecule has 45 heavy (non-hydrogen) atoms. The maximum absolute atomic E-state index is 13.4. The molecule has 242 valence electrons. The van der Waals surface area contributed by atoms with Crippen molar-refractivity contribution in [2.45, 2.75) is 29.4 Å². The summed E-state index contributed by atoms with van der Waals surface area (Å²) in [5.41, 5.74) is 2.97. The third-order valence-electron chi connectivity index (χ3n) is 8.56. The minimum Gasteiger partial charge on any atom is -0.497 e. The van der Waals surface area contributed by atoms with Gasteiger partial charge in [-0.15, -0.1) is 11.8 Å². The molecule has 0 N–H and O–H groups in total. The van der Waals surface area contributed by atoms with Crippen LogP contribution in [0.5, 0.6) is 28.7 Å². The standard InChI is InChI=1S/C35H45N3O6S/c1-36-28-10-6-7-11-32(28)45-34(35(36)39)27-24-26(40-2)12-13-29(27)44-21-9-8-15-37-17-19-38(20-18-37)16-14-25-22-30(41-3)33(43-5)31(23-25)42-4/h6-7,10-13,22-24,34H,8-9,14-21H2,1-5H3. The number of unbranched alkanes of at least 4 members (excludes halogenated alkanes) is 1. The molecule has 10 heteroatoms. The molecule has 0 spiro atoms. The van der Waals surface area contributed by atoms with Crippen molar-refractivity contribution in [2.24, 2.45) is 0 Å². The van der Waals surface area contributed by atoms with Crippen molar-refractivity contribution in [3.63, 3.8) is 0 Å². The van der Waals surface area contributed by atoms with Crippen LogP contribution in [0.4, 0.5) is 5.69 Å². The molecular formula is C35H45N3O6S. The lowest BCUT2D eigenvalue weighted by Crippen LogP contribution is -2.47. The van der Waals surface area contributed by atoms with Gasteiger partial charge < -0.3 is 38.4 Å². The Morgan fingerprint density at radius 2 is 1.47 bits per heavy atom. The molecule has 3 aromatic carbocycles. The number of anilines is 1. The number of methoxy groups -OCH3 is 4. The average Bonchev–Trinajstić information content (AvgIpc) is 3.08. The SMILES string of the molecule is COc1ccc(OCCCCN2CCN(CCc3cc(OC)c(OC)c(OC)c3)CC2)c(C2Sc3ccccc3N(C)C2=O)c1. The number of carbonyl (C=O) groups is 1. The summed E-state index contributed by atoms with van der Waals surface area (Å²) in [6.07, 6.45) is 2.93. The molecule has 0 radical (unpaired) electrons. The van der Waals surface area contributed by atoms with E-state index in [-0.39, 0.29) is 11.2 Å². The van der Waals surface area contributed by atoms with Crippen molar-refractivity contribution in [1.29, 1.82) is 0 Å². The molecule has 0 aliphatic carbocycles. The van der Waals surface area contributed by atoms with E-state index in [9.17, 15) is 4.79 Å². The van der Waals surface area contributed by atoms with Crippen LogP contribution in [0.1, 0.15) is 29.2 Å². The van der Waals surface area contributed by atoms with Crippen molar-refractivity contribution >= 4 is 23.4 Å². The second-order valence-corrected chi connectivity index (χ2v) is 12.4. The topological polar surface area (TPSA) is 72.9 Å². The average molecular weight is 636 g/mol. The van der Waals surface area contributed by atoms with Gasteiger partial charge in [0, 0.05) is 50.2 Å². The number of likely N-dealkylation sites (N-methyl/N-ethyl adjacent to an activating group) is 1. The van der Waals surface area contributed by atoms with Gasteiger partial charge >= 0.3 is 0 Å². The summed E-state index contributed by atoms with van der Waals surface area (Å²) in [7, 11) is 8.41. The van der Waals surface area contributed by atoms with Crippen LogP contribution in [0.15, 0.2) is 59.5 Å². The smallest absolute Gasteiger partial charge is 0.244 e. The number of ether oxygens (including phenoxy) is 5. The lowest BCUT2D eigenvalue weighted by atomic mass is 10.1. The molecule has 0 bridgehead atoms. The molecule has 1 unspecified atom stereocenters. The van der Waals surface area contributed by atoms with Crippen molar-refractivity contribution in [3.8, 4) is 28.7 Å². The van der Waals surface area contributed by atoms with Crippen molar-refractivity contribution in [1.82, 2.24) is 9.80 Å². The van der Waals surface area contributed by atoms with Crippen LogP contribution in [-0.4, -0.2) is 97.1 Å². The second kappa shape index (κ2) is 15.6. The first kappa shape index (κ1) is 32.8. The number of amides is 1. The number of rotatable bonds is 14. The van der Waals surface area contributed by atoms with Gasteiger partial charge in [-0.3, -0.25) is 4.79 Å². The molecule has 5 rings (SSSR count). The molecule has 1 atom stereocenters. The first-order chi connectivity index (χ1) is 21.9. The minimum atomic E-state index is -0.389. The van der Waals surface area contributed by atoms with E-state index >= 15 is 0 Å². The zero-order valence-electron chi connectivity index (χ0n) is 27.0. The first-order valence-electron chi connectivity index (χ1n) is 15.5. The van der Waals surface area contributed by atoms with Gasteiger partial charge in [0.15, 0.2) is 11.5 Å². The monoisotopic (exact) mass is 635 g/mol. The summed E-state index contributed by atoms with van der Waals surface area (Å²) < 4.78 is 28.3. The van der Waals surface area contributed by atoms with Gasteiger partial charge in [-0.2, -0.15) is 0 Å². The van der Waals surface area contributed by atoms with E-state index in [1.807, 2.05) is 55.6 Å². The second-order valence-electron chi connectivity index (χ2n) is 11.3. The van der Waals surface area contributed by atoms with Crippen molar-refractivity contribution in [3.05, 3.63) is 65.7 Å². The number of para-hydroxylation sites is 1. The minimum absolute atomic E-state index is 0.0411. The molecule has 1 amide bonds. The van der Waals surface area contributed by atoms with Crippen LogP contribution in [0.3, 0.4) is 0 Å². The number of thioether (sulfide) groups is 1. The molecule has 1 fully saturated rings. The maximum atomic E-state index is 13.4. The number of hydrogen-bond donors (Lipinski definition) is 0. The quantitative estimate of drug-likeness (QED) is 0.212. The van der Waals surface area contributed by atoms with E-state index in [4.69, 9.17) is 23.7 Å². The Balaban J connectivity index is 1.07. The third-order valence-corrected chi connectivity index (χ3v) is 9.85. The number of nitrogens with zero attached hydrogens (tertiary/aromatic N) is 3. The number of piperazine rings is 1. The summed E-state index contributed by atoms with van der Waals surface area (Å²) in [5.74, 6) is 3.53. The van der Waals surface area contributed by atoms with Crippen LogP contribution in [0.25, 0.3) is 0 Å².